The minimum absolute atomic E-state index is 0.892. The lowest BCUT2D eigenvalue weighted by Crippen LogP contribution is -2.74. The average Bonchev–Trinajstić information content (AvgIpc) is 3.70. The Bertz CT molecular complexity index is 3230. The predicted molar refractivity (Wildman–Crippen MR) is 252 cm³/mol. The van der Waals surface area contributed by atoms with Gasteiger partial charge in [-0.05, 0) is 90.5 Å². The SMILES string of the molecule is c1ccc(-c2cccc(N(c3ccc([Si](c4ccccc4)(c4ccccc4)c4ccc5ccccc5c4)cc3)c3cccc4ccc5c6ccccc6oc5c34)c2)cc1. The smallest absolute Gasteiger partial charge is 0.179 e. The van der Waals surface area contributed by atoms with E-state index in [1.54, 1.807) is 0 Å². The molecule has 0 aliphatic carbocycles. The molecular weight excluding hydrogens is 731 g/mol. The number of fused-ring (bicyclic) bond motifs is 6. The van der Waals surface area contributed by atoms with Gasteiger partial charge < -0.3 is 9.32 Å². The predicted octanol–water partition coefficient (Wildman–Crippen LogP) is 12.4. The molecule has 59 heavy (non-hydrogen) atoms. The number of anilines is 3. The van der Waals surface area contributed by atoms with Crippen molar-refractivity contribution in [1.82, 2.24) is 0 Å². The van der Waals surface area contributed by atoms with Crippen LogP contribution in [0.4, 0.5) is 17.1 Å². The highest BCUT2D eigenvalue weighted by molar-refractivity contribution is 7.20. The Balaban J connectivity index is 1.16. The highest BCUT2D eigenvalue weighted by Gasteiger charge is 2.41. The number of rotatable bonds is 8. The minimum Gasteiger partial charge on any atom is -0.455 e. The first-order valence-electron chi connectivity index (χ1n) is 20.3. The summed E-state index contributed by atoms with van der Waals surface area (Å²) in [5.74, 6) is 0. The van der Waals surface area contributed by atoms with Crippen molar-refractivity contribution in [2.24, 2.45) is 0 Å². The summed E-state index contributed by atoms with van der Waals surface area (Å²) >= 11 is 0. The first kappa shape index (κ1) is 34.8. The van der Waals surface area contributed by atoms with Crippen LogP contribution in [0.5, 0.6) is 0 Å². The van der Waals surface area contributed by atoms with Gasteiger partial charge in [-0.3, -0.25) is 0 Å². The van der Waals surface area contributed by atoms with E-state index in [9.17, 15) is 0 Å². The average molecular weight is 770 g/mol. The van der Waals surface area contributed by atoms with Gasteiger partial charge in [-0.1, -0.05) is 194 Å². The van der Waals surface area contributed by atoms with E-state index in [4.69, 9.17) is 4.42 Å². The third-order valence-corrected chi connectivity index (χ3v) is 16.7. The fourth-order valence-corrected chi connectivity index (χ4v) is 14.0. The van der Waals surface area contributed by atoms with Crippen LogP contribution >= 0.6 is 0 Å². The molecule has 0 aliphatic rings. The van der Waals surface area contributed by atoms with Gasteiger partial charge in [0.05, 0.1) is 5.69 Å². The molecule has 0 bridgehead atoms. The molecule has 11 rings (SSSR count). The zero-order chi connectivity index (χ0) is 39.2. The van der Waals surface area contributed by atoms with Crippen LogP contribution in [0.1, 0.15) is 0 Å². The van der Waals surface area contributed by atoms with Gasteiger partial charge in [0.25, 0.3) is 0 Å². The van der Waals surface area contributed by atoms with E-state index >= 15 is 0 Å². The van der Waals surface area contributed by atoms with Gasteiger partial charge in [0.15, 0.2) is 8.07 Å². The van der Waals surface area contributed by atoms with Crippen molar-refractivity contribution in [1.29, 1.82) is 0 Å². The van der Waals surface area contributed by atoms with E-state index in [0.29, 0.717) is 0 Å². The lowest BCUT2D eigenvalue weighted by Gasteiger charge is -2.35. The van der Waals surface area contributed by atoms with Crippen molar-refractivity contribution in [3.8, 4) is 11.1 Å². The summed E-state index contributed by atoms with van der Waals surface area (Å²) in [4.78, 5) is 2.41. The molecule has 0 atom stereocenters. The normalized spacial score (nSPS) is 11.7. The van der Waals surface area contributed by atoms with Gasteiger partial charge in [-0.25, -0.2) is 0 Å². The van der Waals surface area contributed by atoms with Crippen molar-refractivity contribution in [2.45, 2.75) is 0 Å². The van der Waals surface area contributed by atoms with Crippen LogP contribution in [-0.4, -0.2) is 8.07 Å². The second-order valence-electron chi connectivity index (χ2n) is 15.3. The molecular formula is C56H39NOSi. The van der Waals surface area contributed by atoms with E-state index in [1.165, 1.54) is 37.1 Å². The van der Waals surface area contributed by atoms with Gasteiger partial charge >= 0.3 is 0 Å². The van der Waals surface area contributed by atoms with Crippen LogP contribution in [0.3, 0.4) is 0 Å². The number of hydrogen-bond donors (Lipinski definition) is 0. The third kappa shape index (κ3) is 5.86. The van der Waals surface area contributed by atoms with Crippen LogP contribution in [-0.2, 0) is 0 Å². The van der Waals surface area contributed by atoms with Crippen LogP contribution in [0.2, 0.25) is 0 Å². The Kier molecular flexibility index (Phi) is 8.53. The number of hydrogen-bond acceptors (Lipinski definition) is 2. The van der Waals surface area contributed by atoms with Crippen molar-refractivity contribution >= 4 is 89.4 Å². The quantitative estimate of drug-likeness (QED) is 0.113. The van der Waals surface area contributed by atoms with E-state index < -0.39 is 8.07 Å². The summed E-state index contributed by atoms with van der Waals surface area (Å²) in [5.41, 5.74) is 7.34. The molecule has 278 valence electrons. The van der Waals surface area contributed by atoms with Crippen molar-refractivity contribution in [2.75, 3.05) is 4.90 Å². The summed E-state index contributed by atoms with van der Waals surface area (Å²) in [6.45, 7) is 0. The van der Waals surface area contributed by atoms with Crippen LogP contribution in [0.25, 0.3) is 54.6 Å². The summed E-state index contributed by atoms with van der Waals surface area (Å²) in [6, 6.07) is 86.5. The third-order valence-electron chi connectivity index (χ3n) is 12.0. The summed E-state index contributed by atoms with van der Waals surface area (Å²) < 4.78 is 6.74. The molecule has 0 aliphatic heterocycles. The number of nitrogens with zero attached hydrogens (tertiary/aromatic N) is 1. The molecule has 0 N–H and O–H groups in total. The second kappa shape index (κ2) is 14.5. The van der Waals surface area contributed by atoms with Crippen molar-refractivity contribution in [3.05, 3.63) is 237 Å². The molecule has 0 unspecified atom stereocenters. The molecule has 0 saturated carbocycles. The Hall–Kier alpha value is -7.46. The molecule has 3 heteroatoms. The van der Waals surface area contributed by atoms with Gasteiger partial charge in [-0.2, -0.15) is 0 Å². The summed E-state index contributed by atoms with van der Waals surface area (Å²) in [5, 5.41) is 12.3. The Labute approximate surface area is 344 Å². The molecule has 1 heterocycles. The largest absolute Gasteiger partial charge is 0.455 e. The molecule has 10 aromatic carbocycles. The highest BCUT2D eigenvalue weighted by Crippen LogP contribution is 2.44. The maximum atomic E-state index is 6.74. The monoisotopic (exact) mass is 769 g/mol. The fourth-order valence-electron chi connectivity index (χ4n) is 9.26. The zero-order valence-electron chi connectivity index (χ0n) is 32.4. The van der Waals surface area contributed by atoms with E-state index in [-0.39, 0.29) is 0 Å². The lowest BCUT2D eigenvalue weighted by atomic mass is 10.0. The van der Waals surface area contributed by atoms with Crippen LogP contribution < -0.4 is 25.6 Å². The van der Waals surface area contributed by atoms with E-state index in [1.807, 2.05) is 6.07 Å². The van der Waals surface area contributed by atoms with E-state index in [2.05, 4.69) is 235 Å². The van der Waals surface area contributed by atoms with Gasteiger partial charge in [0.2, 0.25) is 0 Å². The van der Waals surface area contributed by atoms with Crippen molar-refractivity contribution < 1.29 is 4.42 Å². The standard InChI is InChI=1S/C56H39NOSi/c1-4-16-40(17-5-1)43-21-14-22-46(38-43)57(53-28-15-20-42-31-37-52-51-27-12-13-29-54(51)58-56(52)55(42)53)45-32-35-49(36-33-45)59(47-23-6-2-7-24-47,48-25-8-3-9-26-48)50-34-30-41-18-10-11-19-44(41)39-50/h1-39H. The Morgan fingerprint density at radius 2 is 0.915 bits per heavy atom. The second-order valence-corrected chi connectivity index (χ2v) is 19.1. The topological polar surface area (TPSA) is 16.4 Å². The van der Waals surface area contributed by atoms with E-state index in [0.717, 1.165) is 55.3 Å². The maximum absolute atomic E-state index is 6.74. The van der Waals surface area contributed by atoms with Crippen molar-refractivity contribution in [3.63, 3.8) is 0 Å². The Morgan fingerprint density at radius 1 is 0.339 bits per heavy atom. The number of furan rings is 1. The van der Waals surface area contributed by atoms with Gasteiger partial charge in [0, 0.05) is 27.5 Å². The summed E-state index contributed by atoms with van der Waals surface area (Å²) in [7, 11) is -2.82. The molecule has 1 aromatic heterocycles. The molecule has 11 aromatic rings. The highest BCUT2D eigenvalue weighted by atomic mass is 28.3. The summed E-state index contributed by atoms with van der Waals surface area (Å²) in [6.07, 6.45) is 0. The molecule has 0 saturated heterocycles. The van der Waals surface area contributed by atoms with Gasteiger partial charge in [0.1, 0.15) is 11.2 Å². The molecule has 0 radical (unpaired) electrons. The number of para-hydroxylation sites is 1. The number of benzene rings is 10. The molecule has 0 amide bonds. The van der Waals surface area contributed by atoms with Crippen LogP contribution in [0, 0.1) is 0 Å². The minimum atomic E-state index is -2.82. The molecule has 0 spiro atoms. The first-order chi connectivity index (χ1) is 29.3. The molecule has 2 nitrogen and oxygen atoms in total. The first-order valence-corrected chi connectivity index (χ1v) is 22.3. The Morgan fingerprint density at radius 3 is 1.68 bits per heavy atom. The maximum Gasteiger partial charge on any atom is 0.179 e. The fraction of sp³-hybridized carbons (Fsp3) is 0. The lowest BCUT2D eigenvalue weighted by molar-refractivity contribution is 0.672. The van der Waals surface area contributed by atoms with Gasteiger partial charge in [-0.15, -0.1) is 0 Å². The molecule has 0 fully saturated rings. The zero-order valence-corrected chi connectivity index (χ0v) is 33.4. The van der Waals surface area contributed by atoms with Crippen LogP contribution in [0.15, 0.2) is 241 Å².